The Bertz CT molecular complexity index is 1040. The first-order chi connectivity index (χ1) is 18.7. The molecule has 0 spiro atoms. The number of fused-ring (bicyclic) bond motifs is 1. The number of rotatable bonds is 13. The maximum atomic E-state index is 13.5. The van der Waals surface area contributed by atoms with Crippen molar-refractivity contribution in [1.82, 2.24) is 14.7 Å². The molecule has 2 amide bonds. The number of hydrogen-bond acceptors (Lipinski definition) is 6. The van der Waals surface area contributed by atoms with Crippen LogP contribution in [-0.4, -0.2) is 101 Å². The number of carbonyl (C=O) groups excluding carboxylic acids is 2. The van der Waals surface area contributed by atoms with E-state index in [0.29, 0.717) is 52.2 Å². The quantitative estimate of drug-likeness (QED) is 0.394. The van der Waals surface area contributed by atoms with Gasteiger partial charge in [-0.2, -0.15) is 0 Å². The Morgan fingerprint density at radius 1 is 1.21 bits per heavy atom. The van der Waals surface area contributed by atoms with Gasteiger partial charge < -0.3 is 24.7 Å². The number of aliphatic hydroxyl groups excluding tert-OH is 1. The van der Waals surface area contributed by atoms with E-state index in [-0.39, 0.29) is 42.3 Å². The molecule has 216 valence electrons. The normalized spacial score (nSPS) is 24.2. The average Bonchev–Trinajstić information content (AvgIpc) is 3.58. The van der Waals surface area contributed by atoms with Gasteiger partial charge in [0, 0.05) is 63.1 Å². The topological polar surface area (TPSA) is 111 Å². The van der Waals surface area contributed by atoms with E-state index >= 15 is 0 Å². The largest absolute Gasteiger partial charge is 0.493 e. The molecule has 3 atom stereocenters. The van der Waals surface area contributed by atoms with Gasteiger partial charge >= 0.3 is 5.97 Å². The van der Waals surface area contributed by atoms with Crippen molar-refractivity contribution in [2.24, 2.45) is 11.3 Å². The predicted octanol–water partition coefficient (Wildman–Crippen LogP) is 2.75. The summed E-state index contributed by atoms with van der Waals surface area (Å²) in [6.45, 7) is 9.53. The molecule has 9 heteroatoms. The molecule has 0 saturated carbocycles. The summed E-state index contributed by atoms with van der Waals surface area (Å²) in [5, 5.41) is 19.8. The third-order valence-electron chi connectivity index (χ3n) is 8.80. The van der Waals surface area contributed by atoms with Crippen molar-refractivity contribution >= 4 is 17.8 Å². The van der Waals surface area contributed by atoms with Crippen molar-refractivity contribution in [2.45, 2.75) is 71.3 Å². The first kappa shape index (κ1) is 29.3. The van der Waals surface area contributed by atoms with Crippen molar-refractivity contribution in [3.05, 3.63) is 29.3 Å². The van der Waals surface area contributed by atoms with Crippen LogP contribution in [0.1, 0.15) is 69.9 Å². The van der Waals surface area contributed by atoms with E-state index in [0.717, 1.165) is 42.6 Å². The molecule has 9 nitrogen and oxygen atoms in total. The van der Waals surface area contributed by atoms with Crippen LogP contribution in [0.25, 0.3) is 0 Å². The summed E-state index contributed by atoms with van der Waals surface area (Å²) in [7, 11) is 0. The lowest BCUT2D eigenvalue weighted by atomic mass is 9.83. The zero-order valence-corrected chi connectivity index (χ0v) is 23.7. The lowest BCUT2D eigenvalue weighted by Crippen LogP contribution is -2.46. The van der Waals surface area contributed by atoms with E-state index in [1.165, 1.54) is 0 Å². The summed E-state index contributed by atoms with van der Waals surface area (Å²) in [5.74, 6) is -0.887. The highest BCUT2D eigenvalue weighted by atomic mass is 16.5. The first-order valence-corrected chi connectivity index (χ1v) is 14.6. The molecule has 1 aromatic carbocycles. The molecule has 2 fully saturated rings. The van der Waals surface area contributed by atoms with Crippen LogP contribution in [0.15, 0.2) is 18.2 Å². The molecule has 39 heavy (non-hydrogen) atoms. The first-order valence-electron chi connectivity index (χ1n) is 14.6. The number of benzene rings is 1. The minimum absolute atomic E-state index is 0.0215. The Kier molecular flexibility index (Phi) is 9.54. The molecule has 0 radical (unpaired) electrons. The lowest BCUT2D eigenvalue weighted by Gasteiger charge is -2.31. The smallest absolute Gasteiger partial charge is 0.308 e. The Hall–Kier alpha value is -2.65. The molecule has 3 aliphatic rings. The number of ether oxygens (including phenoxy) is 1. The van der Waals surface area contributed by atoms with Crippen molar-refractivity contribution in [3.63, 3.8) is 0 Å². The van der Waals surface area contributed by atoms with Gasteiger partial charge in [0.2, 0.25) is 11.8 Å². The molecule has 4 rings (SSSR count). The van der Waals surface area contributed by atoms with Crippen LogP contribution >= 0.6 is 0 Å². The fourth-order valence-corrected chi connectivity index (χ4v) is 6.43. The van der Waals surface area contributed by atoms with Crippen LogP contribution in [0, 0.1) is 11.3 Å². The van der Waals surface area contributed by atoms with Gasteiger partial charge in [-0.25, -0.2) is 0 Å². The van der Waals surface area contributed by atoms with Gasteiger partial charge in [-0.3, -0.25) is 19.3 Å². The Morgan fingerprint density at radius 2 is 1.97 bits per heavy atom. The van der Waals surface area contributed by atoms with Crippen molar-refractivity contribution in [3.8, 4) is 5.75 Å². The van der Waals surface area contributed by atoms with Gasteiger partial charge in [-0.15, -0.1) is 0 Å². The second-order valence-corrected chi connectivity index (χ2v) is 12.0. The van der Waals surface area contributed by atoms with E-state index in [4.69, 9.17) is 4.74 Å². The third kappa shape index (κ3) is 6.57. The number of amides is 2. The highest BCUT2D eigenvalue weighted by molar-refractivity contribution is 5.84. The van der Waals surface area contributed by atoms with Crippen LogP contribution in [-0.2, 0) is 20.8 Å². The van der Waals surface area contributed by atoms with Crippen molar-refractivity contribution in [2.75, 3.05) is 52.5 Å². The van der Waals surface area contributed by atoms with Crippen LogP contribution in [0.2, 0.25) is 0 Å². The molecule has 3 heterocycles. The Balaban J connectivity index is 1.58. The van der Waals surface area contributed by atoms with Crippen LogP contribution in [0.3, 0.4) is 0 Å². The highest BCUT2D eigenvalue weighted by Crippen LogP contribution is 2.41. The lowest BCUT2D eigenvalue weighted by molar-refractivity contribution is -0.144. The molecule has 0 bridgehead atoms. The number of carbonyl (C=O) groups is 3. The summed E-state index contributed by atoms with van der Waals surface area (Å²) in [6.07, 6.45) is 4.46. The van der Waals surface area contributed by atoms with E-state index in [1.807, 2.05) is 35.8 Å². The highest BCUT2D eigenvalue weighted by Gasteiger charge is 2.48. The van der Waals surface area contributed by atoms with Gasteiger partial charge in [0.05, 0.1) is 19.1 Å². The SMILES string of the molecule is CCCCN(CCCO)C(=O)CN1C[C@H](c2ccc3c(c2)CCO3)[C@@H](C(=O)O)[C@@H]1CCN1CCC(C)(C)C1=O. The van der Waals surface area contributed by atoms with Crippen LogP contribution < -0.4 is 4.74 Å². The van der Waals surface area contributed by atoms with E-state index in [2.05, 4.69) is 13.0 Å². The summed E-state index contributed by atoms with van der Waals surface area (Å²) < 4.78 is 5.67. The fourth-order valence-electron chi connectivity index (χ4n) is 6.43. The standard InChI is InChI=1S/C30H45N3O6/c1-4-5-12-31(13-6-16-34)26(35)20-33-19-23(21-7-8-25-22(18-21)10-17-39-25)27(28(36)37)24(33)9-14-32-15-11-30(2,3)29(32)38/h7-8,18,23-24,27,34H,4-6,9-17,19-20H2,1-3H3,(H,36,37)/t23-,24+,27-/m1/s1. The van der Waals surface area contributed by atoms with Crippen molar-refractivity contribution in [1.29, 1.82) is 0 Å². The van der Waals surface area contributed by atoms with Gasteiger partial charge in [-0.1, -0.05) is 39.3 Å². The van der Waals surface area contributed by atoms with Crippen LogP contribution in [0.4, 0.5) is 0 Å². The zero-order valence-electron chi connectivity index (χ0n) is 23.7. The van der Waals surface area contributed by atoms with E-state index in [1.54, 1.807) is 4.90 Å². The predicted molar refractivity (Wildman–Crippen MR) is 148 cm³/mol. The third-order valence-corrected chi connectivity index (χ3v) is 8.80. The molecule has 0 aromatic heterocycles. The maximum absolute atomic E-state index is 13.5. The summed E-state index contributed by atoms with van der Waals surface area (Å²) in [6, 6.07) is 5.61. The number of likely N-dealkylation sites (tertiary alicyclic amines) is 2. The number of carboxylic acid groups (broad SMARTS) is 1. The molecule has 3 aliphatic heterocycles. The minimum Gasteiger partial charge on any atom is -0.493 e. The van der Waals surface area contributed by atoms with Crippen LogP contribution in [0.5, 0.6) is 5.75 Å². The summed E-state index contributed by atoms with van der Waals surface area (Å²) >= 11 is 0. The second-order valence-electron chi connectivity index (χ2n) is 12.0. The van der Waals surface area contributed by atoms with E-state index in [9.17, 15) is 24.6 Å². The Morgan fingerprint density at radius 3 is 2.64 bits per heavy atom. The molecule has 1 aromatic rings. The number of nitrogens with zero attached hydrogens (tertiary/aromatic N) is 3. The maximum Gasteiger partial charge on any atom is 0.308 e. The molecular weight excluding hydrogens is 498 g/mol. The molecule has 2 saturated heterocycles. The molecule has 2 N–H and O–H groups in total. The van der Waals surface area contributed by atoms with Gasteiger partial charge in [0.15, 0.2) is 0 Å². The monoisotopic (exact) mass is 543 g/mol. The number of aliphatic hydroxyl groups is 1. The van der Waals surface area contributed by atoms with Gasteiger partial charge in [0.1, 0.15) is 5.75 Å². The fraction of sp³-hybridized carbons (Fsp3) is 0.700. The van der Waals surface area contributed by atoms with Crippen molar-refractivity contribution < 1.29 is 29.3 Å². The Labute approximate surface area is 232 Å². The number of aliphatic carboxylic acids is 1. The minimum atomic E-state index is -0.868. The number of carboxylic acids is 1. The molecular formula is C30H45N3O6. The number of unbranched alkanes of at least 4 members (excludes halogenated alkanes) is 1. The van der Waals surface area contributed by atoms with Gasteiger partial charge in [-0.05, 0) is 42.9 Å². The number of hydrogen-bond donors (Lipinski definition) is 2. The van der Waals surface area contributed by atoms with Gasteiger partial charge in [0.25, 0.3) is 0 Å². The molecule has 0 unspecified atom stereocenters. The summed E-state index contributed by atoms with van der Waals surface area (Å²) in [4.78, 5) is 44.9. The average molecular weight is 544 g/mol. The van der Waals surface area contributed by atoms with E-state index < -0.39 is 11.9 Å². The summed E-state index contributed by atoms with van der Waals surface area (Å²) in [5.41, 5.74) is 1.68. The zero-order chi connectivity index (χ0) is 28.2. The molecule has 0 aliphatic carbocycles. The second kappa shape index (κ2) is 12.7.